The van der Waals surface area contributed by atoms with Crippen molar-refractivity contribution in [2.75, 3.05) is 6.61 Å². The van der Waals surface area contributed by atoms with Crippen molar-refractivity contribution in [3.8, 4) is 22.9 Å². The molecule has 152 valence electrons. The van der Waals surface area contributed by atoms with Crippen LogP contribution in [0.5, 0.6) is 0 Å². The largest absolute Gasteiger partial charge is 0.461 e. The smallest absolute Gasteiger partial charge is 0.360 e. The summed E-state index contributed by atoms with van der Waals surface area (Å²) in [4.78, 5) is 20.6. The van der Waals surface area contributed by atoms with Crippen molar-refractivity contribution < 1.29 is 22.9 Å². The number of oxazole rings is 1. The minimum atomic E-state index is -0.608. The van der Waals surface area contributed by atoms with E-state index in [0.29, 0.717) is 26.4 Å². The summed E-state index contributed by atoms with van der Waals surface area (Å²) >= 11 is 7.08. The van der Waals surface area contributed by atoms with Crippen molar-refractivity contribution in [1.29, 1.82) is 0 Å². The molecule has 4 aromatic rings. The summed E-state index contributed by atoms with van der Waals surface area (Å²) in [6.45, 7) is 1.91. The lowest BCUT2D eigenvalue weighted by Crippen LogP contribution is -2.04. The monoisotopic (exact) mass is 445 g/mol. The van der Waals surface area contributed by atoms with Crippen molar-refractivity contribution in [2.45, 2.75) is 17.0 Å². The van der Waals surface area contributed by atoms with Gasteiger partial charge < -0.3 is 13.7 Å². The molecule has 0 amide bonds. The maximum atomic E-state index is 13.3. The third kappa shape index (κ3) is 4.37. The molecule has 0 atom stereocenters. The number of esters is 1. The first-order chi connectivity index (χ1) is 14.5. The lowest BCUT2D eigenvalue weighted by Gasteiger charge is -1.98. The van der Waals surface area contributed by atoms with Crippen LogP contribution in [-0.4, -0.2) is 27.7 Å². The highest BCUT2D eigenvalue weighted by molar-refractivity contribution is 7.99. The van der Waals surface area contributed by atoms with Gasteiger partial charge in [0.25, 0.3) is 0 Å². The van der Waals surface area contributed by atoms with Crippen molar-refractivity contribution >= 4 is 29.3 Å². The van der Waals surface area contributed by atoms with Crippen LogP contribution in [0, 0.1) is 5.82 Å². The highest BCUT2D eigenvalue weighted by Crippen LogP contribution is 2.38. The van der Waals surface area contributed by atoms with Crippen LogP contribution in [0.15, 0.2) is 67.7 Å². The molecule has 0 spiro atoms. The zero-order valence-corrected chi connectivity index (χ0v) is 17.0. The summed E-state index contributed by atoms with van der Waals surface area (Å²) in [7, 11) is 0. The lowest BCUT2D eigenvalue weighted by molar-refractivity contribution is 0.0514. The van der Waals surface area contributed by atoms with E-state index >= 15 is 0 Å². The van der Waals surface area contributed by atoms with E-state index in [1.807, 2.05) is 0 Å². The van der Waals surface area contributed by atoms with Crippen LogP contribution < -0.4 is 0 Å². The predicted molar refractivity (Wildman–Crippen MR) is 107 cm³/mol. The van der Waals surface area contributed by atoms with E-state index in [9.17, 15) is 9.18 Å². The molecule has 0 unspecified atom stereocenters. The fourth-order valence-electron chi connectivity index (χ4n) is 2.45. The molecule has 3 heterocycles. The van der Waals surface area contributed by atoms with Crippen LogP contribution in [0.2, 0.25) is 5.02 Å². The van der Waals surface area contributed by atoms with Crippen molar-refractivity contribution in [3.05, 3.63) is 65.2 Å². The molecule has 7 nitrogen and oxygen atoms in total. The van der Waals surface area contributed by atoms with Gasteiger partial charge in [-0.1, -0.05) is 16.8 Å². The maximum absolute atomic E-state index is 13.3. The molecular formula is C20H13ClFN3O4S. The Morgan fingerprint density at radius 2 is 2.03 bits per heavy atom. The number of nitrogens with zero attached hydrogens (tertiary/aromatic N) is 3. The van der Waals surface area contributed by atoms with E-state index < -0.39 is 5.97 Å². The molecule has 0 fully saturated rings. The number of carbonyl (C=O) groups excluding carboxylic acids is 1. The van der Waals surface area contributed by atoms with Gasteiger partial charge >= 0.3 is 5.97 Å². The number of carbonyl (C=O) groups is 1. The van der Waals surface area contributed by atoms with Gasteiger partial charge in [-0.15, -0.1) is 0 Å². The van der Waals surface area contributed by atoms with E-state index in [4.69, 9.17) is 25.3 Å². The van der Waals surface area contributed by atoms with Gasteiger partial charge in [-0.25, -0.2) is 19.2 Å². The van der Waals surface area contributed by atoms with Gasteiger partial charge in [-0.2, -0.15) is 0 Å². The quantitative estimate of drug-likeness (QED) is 0.359. The Morgan fingerprint density at radius 3 is 2.73 bits per heavy atom. The third-order valence-electron chi connectivity index (χ3n) is 3.81. The Balaban J connectivity index is 1.74. The summed E-state index contributed by atoms with van der Waals surface area (Å²) in [5.74, 6) is -0.523. The molecule has 30 heavy (non-hydrogen) atoms. The standard InChI is InChI=1S/C20H13ClFN3O4S/c1-2-27-19(26)14-9-15(29-25-14)17-20(30-16-8-5-12(21)10-23-16)28-18(24-17)11-3-6-13(22)7-4-11/h3-10H,2H2,1H3. The molecule has 0 aliphatic carbocycles. The first kappa shape index (κ1) is 20.1. The summed E-state index contributed by atoms with van der Waals surface area (Å²) in [6.07, 6.45) is 1.51. The molecule has 0 aliphatic heterocycles. The van der Waals surface area contributed by atoms with Gasteiger partial charge in [-0.3, -0.25) is 0 Å². The average molecular weight is 446 g/mol. The lowest BCUT2D eigenvalue weighted by atomic mass is 10.2. The Morgan fingerprint density at radius 1 is 1.23 bits per heavy atom. The first-order valence-electron chi connectivity index (χ1n) is 8.74. The zero-order chi connectivity index (χ0) is 21.1. The van der Waals surface area contributed by atoms with Gasteiger partial charge in [0.2, 0.25) is 5.89 Å². The van der Waals surface area contributed by atoms with Crippen molar-refractivity contribution in [3.63, 3.8) is 0 Å². The van der Waals surface area contributed by atoms with Crippen LogP contribution >= 0.6 is 23.4 Å². The van der Waals surface area contributed by atoms with Gasteiger partial charge in [0.05, 0.1) is 11.6 Å². The molecule has 0 bridgehead atoms. The SMILES string of the molecule is CCOC(=O)c1cc(-c2nc(-c3ccc(F)cc3)oc2Sc2ccc(Cl)cn2)on1. The highest BCUT2D eigenvalue weighted by Gasteiger charge is 2.23. The second-order valence-corrected chi connectivity index (χ2v) is 7.31. The molecule has 0 radical (unpaired) electrons. The summed E-state index contributed by atoms with van der Waals surface area (Å²) in [6, 6.07) is 10.5. The van der Waals surface area contributed by atoms with Gasteiger partial charge in [0.15, 0.2) is 22.2 Å². The van der Waals surface area contributed by atoms with Crippen LogP contribution in [0.3, 0.4) is 0 Å². The van der Waals surface area contributed by atoms with Crippen LogP contribution in [-0.2, 0) is 4.74 Å². The molecule has 0 saturated carbocycles. The molecule has 0 N–H and O–H groups in total. The van der Waals surface area contributed by atoms with Crippen LogP contribution in [0.1, 0.15) is 17.4 Å². The first-order valence-corrected chi connectivity index (χ1v) is 9.93. The van der Waals surface area contributed by atoms with Crippen molar-refractivity contribution in [1.82, 2.24) is 15.1 Å². The minimum Gasteiger partial charge on any atom is -0.461 e. The second kappa shape index (κ2) is 8.68. The molecule has 3 aromatic heterocycles. The molecule has 0 saturated heterocycles. The molecule has 0 aliphatic rings. The topological polar surface area (TPSA) is 91.2 Å². The van der Waals surface area contributed by atoms with Gasteiger partial charge in [0, 0.05) is 17.8 Å². The van der Waals surface area contributed by atoms with Gasteiger partial charge in [-0.05, 0) is 55.1 Å². The summed E-state index contributed by atoms with van der Waals surface area (Å²) in [5, 5.41) is 5.20. The number of hydrogen-bond donors (Lipinski definition) is 0. The van der Waals surface area contributed by atoms with Crippen LogP contribution in [0.4, 0.5) is 4.39 Å². The number of hydrogen-bond acceptors (Lipinski definition) is 8. The van der Waals surface area contributed by atoms with E-state index in [-0.39, 0.29) is 29.8 Å². The maximum Gasteiger partial charge on any atom is 0.360 e. The van der Waals surface area contributed by atoms with E-state index in [2.05, 4.69) is 15.1 Å². The summed E-state index contributed by atoms with van der Waals surface area (Å²) in [5.41, 5.74) is 0.900. The number of benzene rings is 1. The molecule has 10 heteroatoms. The highest BCUT2D eigenvalue weighted by atomic mass is 35.5. The fourth-order valence-corrected chi connectivity index (χ4v) is 3.36. The Kier molecular flexibility index (Phi) is 5.82. The second-order valence-electron chi connectivity index (χ2n) is 5.88. The Labute approximate surface area is 179 Å². The predicted octanol–water partition coefficient (Wildman–Crippen LogP) is 5.51. The van der Waals surface area contributed by atoms with E-state index in [0.717, 1.165) is 0 Å². The zero-order valence-electron chi connectivity index (χ0n) is 15.5. The fraction of sp³-hybridized carbons (Fsp3) is 0.100. The van der Waals surface area contributed by atoms with E-state index in [1.54, 1.807) is 31.2 Å². The Bertz CT molecular complexity index is 1180. The third-order valence-corrected chi connectivity index (χ3v) is 4.95. The molecule has 4 rings (SSSR count). The summed E-state index contributed by atoms with van der Waals surface area (Å²) < 4.78 is 29.4. The number of ether oxygens (including phenoxy) is 1. The number of halogens is 2. The molecule has 1 aromatic carbocycles. The minimum absolute atomic E-state index is 0.0127. The molecular weight excluding hydrogens is 433 g/mol. The Hall–Kier alpha value is -3.17. The van der Waals surface area contributed by atoms with Crippen LogP contribution in [0.25, 0.3) is 22.9 Å². The van der Waals surface area contributed by atoms with Gasteiger partial charge in [0.1, 0.15) is 10.8 Å². The number of pyridine rings is 1. The number of rotatable bonds is 6. The average Bonchev–Trinajstić information content (AvgIpc) is 3.38. The van der Waals surface area contributed by atoms with E-state index in [1.165, 1.54) is 36.2 Å². The number of aromatic nitrogens is 3. The normalized spacial score (nSPS) is 10.9. The van der Waals surface area contributed by atoms with Crippen molar-refractivity contribution in [2.24, 2.45) is 0 Å².